The molecule has 2 heteroatoms. The maximum Gasteiger partial charge on any atom is 0.100 e. The maximum atomic E-state index is 4.52. The van der Waals surface area contributed by atoms with Gasteiger partial charge in [-0.05, 0) is 35.4 Å². The number of hydrogen-bond donors (Lipinski definition) is 1. The van der Waals surface area contributed by atoms with E-state index in [0.29, 0.717) is 0 Å². The molecule has 1 aromatic heterocycles. The van der Waals surface area contributed by atoms with Crippen molar-refractivity contribution in [2.45, 2.75) is 6.92 Å². The summed E-state index contributed by atoms with van der Waals surface area (Å²) in [5.41, 5.74) is 4.55. The second kappa shape index (κ2) is 4.20. The number of fused-ring (bicyclic) bond motifs is 2. The van der Waals surface area contributed by atoms with Crippen LogP contribution < -0.4 is 0 Å². The van der Waals surface area contributed by atoms with Crippen LogP contribution in [0.4, 0.5) is 0 Å². The number of aromatic nitrogens is 2. The van der Waals surface area contributed by atoms with Crippen molar-refractivity contribution in [1.29, 1.82) is 0 Å². The molecule has 0 aliphatic carbocycles. The third kappa shape index (κ3) is 1.62. The number of benzene rings is 3. The van der Waals surface area contributed by atoms with Gasteiger partial charge in [0, 0.05) is 10.9 Å². The molecule has 0 aliphatic heterocycles. The average Bonchev–Trinajstić information content (AvgIpc) is 2.88. The highest BCUT2D eigenvalue weighted by Gasteiger charge is 2.10. The lowest BCUT2D eigenvalue weighted by Gasteiger charge is -2.03. The molecule has 0 bridgehead atoms. The first kappa shape index (κ1) is 11.2. The minimum Gasteiger partial charge on any atom is -0.277 e. The Hall–Kier alpha value is -2.61. The van der Waals surface area contributed by atoms with Gasteiger partial charge in [-0.15, -0.1) is 0 Å². The van der Waals surface area contributed by atoms with Gasteiger partial charge in [0.2, 0.25) is 0 Å². The summed E-state index contributed by atoms with van der Waals surface area (Å²) in [5, 5.41) is 11.3. The first-order valence-corrected chi connectivity index (χ1v) is 6.76. The van der Waals surface area contributed by atoms with Crippen LogP contribution in [0.15, 0.2) is 60.7 Å². The van der Waals surface area contributed by atoms with Crippen molar-refractivity contribution in [3.8, 4) is 11.3 Å². The summed E-state index contributed by atoms with van der Waals surface area (Å²) in [4.78, 5) is 0. The van der Waals surface area contributed by atoms with Crippen molar-refractivity contribution in [2.24, 2.45) is 0 Å². The van der Waals surface area contributed by atoms with E-state index in [4.69, 9.17) is 0 Å². The van der Waals surface area contributed by atoms with Gasteiger partial charge in [0.25, 0.3) is 0 Å². The highest BCUT2D eigenvalue weighted by Crippen LogP contribution is 2.31. The number of aryl methyl sites for hydroxylation is 1. The maximum absolute atomic E-state index is 4.52. The zero-order valence-electron chi connectivity index (χ0n) is 11.2. The molecule has 0 atom stereocenters. The van der Waals surface area contributed by atoms with Crippen LogP contribution in [0.2, 0.25) is 0 Å². The number of H-pyrrole nitrogens is 1. The van der Waals surface area contributed by atoms with Crippen molar-refractivity contribution in [1.82, 2.24) is 10.2 Å². The predicted molar refractivity (Wildman–Crippen MR) is 83.8 cm³/mol. The van der Waals surface area contributed by atoms with Crippen molar-refractivity contribution < 1.29 is 0 Å². The third-order valence-corrected chi connectivity index (χ3v) is 3.83. The Kier molecular flexibility index (Phi) is 2.36. The molecule has 0 unspecified atom stereocenters. The molecule has 0 radical (unpaired) electrons. The summed E-state index contributed by atoms with van der Waals surface area (Å²) in [6, 6.07) is 21.2. The normalized spacial score (nSPS) is 11.2. The first-order valence-electron chi connectivity index (χ1n) is 6.76. The standard InChI is InChI=1S/C18H14N2/c1-12-6-2-5-9-15(12)18-16-10-13-7-3-4-8-14(13)11-17(16)19-20-18/h2-11H,1H3,(H,19,20). The largest absolute Gasteiger partial charge is 0.277 e. The van der Waals surface area contributed by atoms with E-state index in [2.05, 4.69) is 77.8 Å². The van der Waals surface area contributed by atoms with Gasteiger partial charge in [0.05, 0.1) is 5.52 Å². The topological polar surface area (TPSA) is 28.7 Å². The van der Waals surface area contributed by atoms with E-state index in [9.17, 15) is 0 Å². The zero-order chi connectivity index (χ0) is 13.5. The SMILES string of the molecule is Cc1ccccc1-c1n[nH]c2cc3ccccc3cc12. The molecule has 96 valence electrons. The van der Waals surface area contributed by atoms with Crippen LogP contribution in [0.25, 0.3) is 32.9 Å². The molecule has 0 saturated heterocycles. The number of aromatic amines is 1. The van der Waals surface area contributed by atoms with Crippen molar-refractivity contribution in [3.63, 3.8) is 0 Å². The lowest BCUT2D eigenvalue weighted by molar-refractivity contribution is 1.12. The third-order valence-electron chi connectivity index (χ3n) is 3.83. The fourth-order valence-corrected chi connectivity index (χ4v) is 2.75. The second-order valence-corrected chi connectivity index (χ2v) is 5.13. The van der Waals surface area contributed by atoms with Crippen molar-refractivity contribution in [3.05, 3.63) is 66.2 Å². The summed E-state index contributed by atoms with van der Waals surface area (Å²) in [5.74, 6) is 0. The van der Waals surface area contributed by atoms with Gasteiger partial charge in [0.1, 0.15) is 5.69 Å². The number of nitrogens with one attached hydrogen (secondary N) is 1. The molecule has 0 amide bonds. The van der Waals surface area contributed by atoms with Crippen LogP contribution in [0.3, 0.4) is 0 Å². The summed E-state index contributed by atoms with van der Waals surface area (Å²) < 4.78 is 0. The van der Waals surface area contributed by atoms with Crippen LogP contribution in [-0.2, 0) is 0 Å². The fraction of sp³-hybridized carbons (Fsp3) is 0.0556. The molecule has 0 spiro atoms. The molecular weight excluding hydrogens is 244 g/mol. The second-order valence-electron chi connectivity index (χ2n) is 5.13. The molecule has 1 heterocycles. The molecule has 4 aromatic rings. The molecule has 3 aromatic carbocycles. The summed E-state index contributed by atoms with van der Waals surface area (Å²) in [6.07, 6.45) is 0. The van der Waals surface area contributed by atoms with E-state index >= 15 is 0 Å². The van der Waals surface area contributed by atoms with E-state index < -0.39 is 0 Å². The fourth-order valence-electron chi connectivity index (χ4n) is 2.75. The average molecular weight is 258 g/mol. The van der Waals surface area contributed by atoms with Crippen LogP contribution in [0.1, 0.15) is 5.56 Å². The monoisotopic (exact) mass is 258 g/mol. The molecule has 4 rings (SSSR count). The van der Waals surface area contributed by atoms with Gasteiger partial charge < -0.3 is 0 Å². The van der Waals surface area contributed by atoms with E-state index in [1.54, 1.807) is 0 Å². The highest BCUT2D eigenvalue weighted by atomic mass is 15.1. The Balaban J connectivity index is 2.06. The molecule has 0 aliphatic rings. The van der Waals surface area contributed by atoms with Crippen LogP contribution in [0, 0.1) is 6.92 Å². The highest BCUT2D eigenvalue weighted by molar-refractivity contribution is 6.02. The van der Waals surface area contributed by atoms with Crippen molar-refractivity contribution in [2.75, 3.05) is 0 Å². The summed E-state index contributed by atoms with van der Waals surface area (Å²) in [6.45, 7) is 2.12. The van der Waals surface area contributed by atoms with Crippen LogP contribution in [0.5, 0.6) is 0 Å². The van der Waals surface area contributed by atoms with Gasteiger partial charge >= 0.3 is 0 Å². The van der Waals surface area contributed by atoms with E-state index in [0.717, 1.165) is 11.2 Å². The molecule has 0 fully saturated rings. The first-order chi connectivity index (χ1) is 9.83. The molecular formula is C18H14N2. The van der Waals surface area contributed by atoms with E-state index in [1.165, 1.54) is 27.3 Å². The van der Waals surface area contributed by atoms with Gasteiger partial charge in [-0.25, -0.2) is 0 Å². The molecule has 20 heavy (non-hydrogen) atoms. The quantitative estimate of drug-likeness (QED) is 0.527. The Bertz CT molecular complexity index is 919. The molecule has 2 nitrogen and oxygen atoms in total. The van der Waals surface area contributed by atoms with E-state index in [-0.39, 0.29) is 0 Å². The van der Waals surface area contributed by atoms with Gasteiger partial charge in [-0.3, -0.25) is 5.10 Å². The Labute approximate surface area is 117 Å². The van der Waals surface area contributed by atoms with Gasteiger partial charge in [-0.2, -0.15) is 5.10 Å². The zero-order valence-corrected chi connectivity index (χ0v) is 11.2. The Morgan fingerprint density at radius 1 is 0.850 bits per heavy atom. The lowest BCUT2D eigenvalue weighted by Crippen LogP contribution is -1.83. The number of nitrogens with zero attached hydrogens (tertiary/aromatic N) is 1. The Morgan fingerprint density at radius 2 is 1.55 bits per heavy atom. The predicted octanol–water partition coefficient (Wildman–Crippen LogP) is 4.69. The lowest BCUT2D eigenvalue weighted by atomic mass is 10.0. The number of rotatable bonds is 1. The van der Waals surface area contributed by atoms with E-state index in [1.807, 2.05) is 0 Å². The smallest absolute Gasteiger partial charge is 0.100 e. The minimum atomic E-state index is 1.03. The van der Waals surface area contributed by atoms with Gasteiger partial charge in [0.15, 0.2) is 0 Å². The van der Waals surface area contributed by atoms with Gasteiger partial charge in [-0.1, -0.05) is 48.5 Å². The molecule has 1 N–H and O–H groups in total. The van der Waals surface area contributed by atoms with Crippen LogP contribution >= 0.6 is 0 Å². The minimum absolute atomic E-state index is 1.03. The number of hydrogen-bond acceptors (Lipinski definition) is 1. The summed E-state index contributed by atoms with van der Waals surface area (Å²) in [7, 11) is 0. The summed E-state index contributed by atoms with van der Waals surface area (Å²) >= 11 is 0. The van der Waals surface area contributed by atoms with Crippen LogP contribution in [-0.4, -0.2) is 10.2 Å². The Morgan fingerprint density at radius 3 is 2.35 bits per heavy atom. The molecule has 0 saturated carbocycles. The van der Waals surface area contributed by atoms with Crippen molar-refractivity contribution >= 4 is 21.7 Å².